The lowest BCUT2D eigenvalue weighted by Gasteiger charge is -2.34. The van der Waals surface area contributed by atoms with Crippen molar-refractivity contribution in [2.24, 2.45) is 0 Å². The predicted molar refractivity (Wildman–Crippen MR) is 183 cm³/mol. The Morgan fingerprint density at radius 1 is 0.878 bits per heavy atom. The molecule has 0 radical (unpaired) electrons. The van der Waals surface area contributed by atoms with Gasteiger partial charge in [0.05, 0.1) is 16.1 Å². The number of rotatable bonds is 12. The van der Waals surface area contributed by atoms with Crippen LogP contribution in [0.15, 0.2) is 108 Å². The molecular formula is C37H37ClF3N3O4S. The van der Waals surface area contributed by atoms with Gasteiger partial charge in [0.2, 0.25) is 11.8 Å². The van der Waals surface area contributed by atoms with Crippen molar-refractivity contribution in [2.75, 3.05) is 10.8 Å². The summed E-state index contributed by atoms with van der Waals surface area (Å²) in [5.41, 5.74) is 0.696. The van der Waals surface area contributed by atoms with Crippen LogP contribution in [-0.4, -0.2) is 43.8 Å². The van der Waals surface area contributed by atoms with Crippen molar-refractivity contribution >= 4 is 39.1 Å². The van der Waals surface area contributed by atoms with Crippen LogP contribution >= 0.6 is 11.6 Å². The Morgan fingerprint density at radius 2 is 1.53 bits per heavy atom. The molecule has 0 heterocycles. The molecule has 0 saturated heterocycles. The van der Waals surface area contributed by atoms with Crippen molar-refractivity contribution in [2.45, 2.75) is 68.7 Å². The van der Waals surface area contributed by atoms with E-state index in [0.717, 1.165) is 48.9 Å². The van der Waals surface area contributed by atoms with Crippen LogP contribution in [0.4, 0.5) is 18.9 Å². The Kier molecular flexibility index (Phi) is 11.3. The monoisotopic (exact) mass is 711 g/mol. The lowest BCUT2D eigenvalue weighted by molar-refractivity contribution is -0.140. The highest BCUT2D eigenvalue weighted by Crippen LogP contribution is 2.33. The summed E-state index contributed by atoms with van der Waals surface area (Å²) in [4.78, 5) is 29.8. The van der Waals surface area contributed by atoms with Gasteiger partial charge in [-0.1, -0.05) is 90.7 Å². The number of hydrogen-bond donors (Lipinski definition) is 1. The predicted octanol–water partition coefficient (Wildman–Crippen LogP) is 7.56. The van der Waals surface area contributed by atoms with Gasteiger partial charge in [-0.3, -0.25) is 13.9 Å². The normalized spacial score (nSPS) is 14.3. The molecule has 1 atom stereocenters. The second-order valence-electron chi connectivity index (χ2n) is 12.2. The summed E-state index contributed by atoms with van der Waals surface area (Å²) in [6, 6.07) is 24.3. The van der Waals surface area contributed by atoms with E-state index in [9.17, 15) is 31.2 Å². The number of alkyl halides is 3. The van der Waals surface area contributed by atoms with Crippen LogP contribution < -0.4 is 9.62 Å². The molecule has 0 aliphatic heterocycles. The first-order chi connectivity index (χ1) is 23.3. The first-order valence-electron chi connectivity index (χ1n) is 16.0. The molecule has 1 fully saturated rings. The number of carbonyl (C=O) groups excluding carboxylic acids is 2. The third-order valence-electron chi connectivity index (χ3n) is 8.56. The van der Waals surface area contributed by atoms with Gasteiger partial charge in [0.1, 0.15) is 12.6 Å². The van der Waals surface area contributed by atoms with E-state index in [1.807, 2.05) is 30.3 Å². The fourth-order valence-electron chi connectivity index (χ4n) is 5.96. The number of benzene rings is 4. The van der Waals surface area contributed by atoms with Crippen molar-refractivity contribution < 1.29 is 31.2 Å². The molecule has 1 saturated carbocycles. The van der Waals surface area contributed by atoms with Crippen molar-refractivity contribution in [3.05, 3.63) is 130 Å². The fraction of sp³-hybridized carbons (Fsp3) is 0.297. The molecule has 4 aromatic rings. The highest BCUT2D eigenvalue weighted by molar-refractivity contribution is 7.92. The van der Waals surface area contributed by atoms with Crippen LogP contribution in [0.2, 0.25) is 5.02 Å². The van der Waals surface area contributed by atoms with E-state index in [2.05, 4.69) is 5.32 Å². The molecule has 49 heavy (non-hydrogen) atoms. The van der Waals surface area contributed by atoms with Gasteiger partial charge in [0.15, 0.2) is 0 Å². The summed E-state index contributed by atoms with van der Waals surface area (Å²) in [7, 11) is -4.57. The van der Waals surface area contributed by atoms with E-state index >= 15 is 0 Å². The Labute approximate surface area is 289 Å². The zero-order chi connectivity index (χ0) is 35.2. The minimum absolute atomic E-state index is 0.0718. The number of amides is 2. The molecule has 0 spiro atoms. The quantitative estimate of drug-likeness (QED) is 0.164. The highest BCUT2D eigenvalue weighted by atomic mass is 35.5. The molecule has 0 bridgehead atoms. The number of halogens is 4. The van der Waals surface area contributed by atoms with Crippen LogP contribution in [-0.2, 0) is 38.8 Å². The molecule has 1 aliphatic carbocycles. The lowest BCUT2D eigenvalue weighted by Crippen LogP contribution is -2.54. The molecule has 258 valence electrons. The van der Waals surface area contributed by atoms with Crippen LogP contribution in [0, 0.1) is 6.92 Å². The molecular weight excluding hydrogens is 675 g/mol. The third-order valence-corrected chi connectivity index (χ3v) is 10.6. The number of nitrogens with one attached hydrogen (secondary N) is 1. The van der Waals surface area contributed by atoms with Gasteiger partial charge in [0.25, 0.3) is 10.0 Å². The zero-order valence-corrected chi connectivity index (χ0v) is 28.4. The molecule has 1 unspecified atom stereocenters. The second kappa shape index (κ2) is 15.5. The van der Waals surface area contributed by atoms with E-state index in [0.29, 0.717) is 21.0 Å². The van der Waals surface area contributed by atoms with Crippen molar-refractivity contribution in [1.82, 2.24) is 10.2 Å². The number of carbonyl (C=O) groups is 2. The fourth-order valence-corrected chi connectivity index (χ4v) is 7.58. The summed E-state index contributed by atoms with van der Waals surface area (Å²) < 4.78 is 70.5. The van der Waals surface area contributed by atoms with Gasteiger partial charge in [-0.05, 0) is 73.4 Å². The molecule has 12 heteroatoms. The second-order valence-corrected chi connectivity index (χ2v) is 14.5. The van der Waals surface area contributed by atoms with E-state index < -0.39 is 46.2 Å². The summed E-state index contributed by atoms with van der Waals surface area (Å²) in [6.45, 7) is 0.776. The Bertz CT molecular complexity index is 1870. The standard InChI is InChI=1S/C37H37ClF3N3O4S/c1-26-17-19-33(20-18-26)49(47,48)44(32-16-8-12-29(23-32)37(39,40)41)25-35(45)43(24-28-11-7-13-30(38)21-28)34(22-27-9-3-2-4-10-27)36(46)42-31-14-5-6-15-31/h2-4,7-13,16-21,23,31,34H,5-6,14-15,22,24-25H2,1H3,(H,42,46). The number of sulfonamides is 1. The topological polar surface area (TPSA) is 86.8 Å². The first-order valence-corrected chi connectivity index (χ1v) is 17.8. The highest BCUT2D eigenvalue weighted by Gasteiger charge is 2.37. The molecule has 5 rings (SSSR count). The largest absolute Gasteiger partial charge is 0.416 e. The van der Waals surface area contributed by atoms with Gasteiger partial charge in [0, 0.05) is 24.0 Å². The third kappa shape index (κ3) is 9.21. The van der Waals surface area contributed by atoms with Crippen molar-refractivity contribution in [3.63, 3.8) is 0 Å². The molecule has 7 nitrogen and oxygen atoms in total. The molecule has 2 amide bonds. The average Bonchev–Trinajstić information content (AvgIpc) is 3.58. The summed E-state index contributed by atoms with van der Waals surface area (Å²) in [5.74, 6) is -1.19. The summed E-state index contributed by atoms with van der Waals surface area (Å²) in [6.07, 6.45) is -1.14. The van der Waals surface area contributed by atoms with Gasteiger partial charge in [-0.25, -0.2) is 8.42 Å². The van der Waals surface area contributed by atoms with Crippen LogP contribution in [0.1, 0.15) is 47.9 Å². The molecule has 1 aliphatic rings. The Balaban J connectivity index is 1.60. The van der Waals surface area contributed by atoms with E-state index in [1.165, 1.54) is 23.1 Å². The number of anilines is 1. The average molecular weight is 712 g/mol. The van der Waals surface area contributed by atoms with Crippen molar-refractivity contribution in [1.29, 1.82) is 0 Å². The number of hydrogen-bond acceptors (Lipinski definition) is 4. The van der Waals surface area contributed by atoms with Crippen LogP contribution in [0.3, 0.4) is 0 Å². The summed E-state index contributed by atoms with van der Waals surface area (Å²) >= 11 is 6.29. The Morgan fingerprint density at radius 3 is 2.18 bits per heavy atom. The SMILES string of the molecule is Cc1ccc(S(=O)(=O)N(CC(=O)N(Cc2cccc(Cl)c2)C(Cc2ccccc2)C(=O)NC2CCCC2)c2cccc(C(F)(F)F)c2)cc1. The molecule has 0 aromatic heterocycles. The van der Waals surface area contributed by atoms with Gasteiger partial charge in [-0.15, -0.1) is 0 Å². The summed E-state index contributed by atoms with van der Waals surface area (Å²) in [5, 5.41) is 3.48. The van der Waals surface area contributed by atoms with E-state index in [-0.39, 0.29) is 29.6 Å². The maximum absolute atomic E-state index is 14.6. The van der Waals surface area contributed by atoms with Gasteiger partial charge >= 0.3 is 6.18 Å². The minimum Gasteiger partial charge on any atom is -0.352 e. The molecule has 4 aromatic carbocycles. The first kappa shape index (κ1) is 35.9. The van der Waals surface area contributed by atoms with E-state index in [4.69, 9.17) is 11.6 Å². The zero-order valence-electron chi connectivity index (χ0n) is 26.9. The van der Waals surface area contributed by atoms with Gasteiger partial charge < -0.3 is 10.2 Å². The van der Waals surface area contributed by atoms with Crippen molar-refractivity contribution in [3.8, 4) is 0 Å². The molecule has 1 N–H and O–H groups in total. The number of aryl methyl sites for hydroxylation is 1. The number of nitrogens with zero attached hydrogens (tertiary/aromatic N) is 2. The Hall–Kier alpha value is -4.35. The van der Waals surface area contributed by atoms with Crippen LogP contribution in [0.5, 0.6) is 0 Å². The smallest absolute Gasteiger partial charge is 0.352 e. The van der Waals surface area contributed by atoms with Crippen LogP contribution in [0.25, 0.3) is 0 Å². The maximum atomic E-state index is 14.6. The lowest BCUT2D eigenvalue weighted by atomic mass is 10.0. The van der Waals surface area contributed by atoms with E-state index in [1.54, 1.807) is 43.3 Å². The van der Waals surface area contributed by atoms with Gasteiger partial charge in [-0.2, -0.15) is 13.2 Å². The minimum atomic E-state index is -4.77. The maximum Gasteiger partial charge on any atom is 0.416 e.